The highest BCUT2D eigenvalue weighted by molar-refractivity contribution is 7.89. The number of rotatable bonds is 4. The highest BCUT2D eigenvalue weighted by Gasteiger charge is 2.38. The first-order chi connectivity index (χ1) is 12.0. The molecule has 1 aliphatic rings. The third-order valence-electron chi connectivity index (χ3n) is 4.58. The summed E-state index contributed by atoms with van der Waals surface area (Å²) in [7, 11) is -3.15. The lowest BCUT2D eigenvalue weighted by Gasteiger charge is -2.33. The number of nitrogens with two attached hydrogens (primary N) is 1. The number of esters is 1. The van der Waals surface area contributed by atoms with Crippen LogP contribution in [0.5, 0.6) is 0 Å². The Kier molecular flexibility index (Phi) is 5.99. The molecular formula is C16H21F3N2O4S. The van der Waals surface area contributed by atoms with Crippen molar-refractivity contribution in [3.05, 3.63) is 29.3 Å². The number of methoxy groups -OCH3 is 1. The van der Waals surface area contributed by atoms with E-state index in [0.717, 1.165) is 23.5 Å². The molecule has 1 atom stereocenters. The quantitative estimate of drug-likeness (QED) is 0.791. The largest absolute Gasteiger partial charge is 0.465 e. The van der Waals surface area contributed by atoms with E-state index in [1.807, 2.05) is 6.92 Å². The average Bonchev–Trinajstić information content (AvgIpc) is 2.59. The molecule has 1 aromatic rings. The van der Waals surface area contributed by atoms with E-state index in [4.69, 9.17) is 5.73 Å². The minimum atomic E-state index is -4.89. The maximum atomic E-state index is 13.3. The first-order valence-electron chi connectivity index (χ1n) is 8.03. The predicted octanol–water partition coefficient (Wildman–Crippen LogP) is 2.24. The molecule has 10 heteroatoms. The number of ether oxygens (including phenoxy) is 1. The monoisotopic (exact) mass is 394 g/mol. The molecule has 6 nitrogen and oxygen atoms in total. The van der Waals surface area contributed by atoms with Gasteiger partial charge in [-0.15, -0.1) is 0 Å². The zero-order chi connectivity index (χ0) is 19.7. The summed E-state index contributed by atoms with van der Waals surface area (Å²) in [6.45, 7) is 2.22. The minimum Gasteiger partial charge on any atom is -0.465 e. The van der Waals surface area contributed by atoms with Gasteiger partial charge in [0.15, 0.2) is 0 Å². The van der Waals surface area contributed by atoms with E-state index in [2.05, 4.69) is 4.74 Å². The van der Waals surface area contributed by atoms with Gasteiger partial charge in [0.25, 0.3) is 0 Å². The first kappa shape index (κ1) is 20.7. The molecule has 1 heterocycles. The van der Waals surface area contributed by atoms with Crippen molar-refractivity contribution in [2.45, 2.75) is 36.9 Å². The number of hydrogen-bond donors (Lipinski definition) is 1. The lowest BCUT2D eigenvalue weighted by molar-refractivity contribution is -0.138. The van der Waals surface area contributed by atoms with Crippen molar-refractivity contribution >= 4 is 16.0 Å². The summed E-state index contributed by atoms with van der Waals surface area (Å²) >= 11 is 0. The Balaban J connectivity index is 2.37. The molecule has 0 bridgehead atoms. The van der Waals surface area contributed by atoms with Crippen molar-refractivity contribution in [1.82, 2.24) is 4.31 Å². The van der Waals surface area contributed by atoms with Crippen molar-refractivity contribution in [3.8, 4) is 0 Å². The van der Waals surface area contributed by atoms with Gasteiger partial charge in [0.05, 0.1) is 23.1 Å². The van der Waals surface area contributed by atoms with Crippen molar-refractivity contribution in [2.24, 2.45) is 11.7 Å². The Labute approximate surface area is 150 Å². The number of carbonyl (C=O) groups is 1. The van der Waals surface area contributed by atoms with Gasteiger partial charge in [-0.1, -0.05) is 0 Å². The second-order valence-electron chi connectivity index (χ2n) is 6.30. The molecule has 2 N–H and O–H groups in total. The van der Waals surface area contributed by atoms with E-state index in [1.54, 1.807) is 0 Å². The fourth-order valence-electron chi connectivity index (χ4n) is 3.00. The predicted molar refractivity (Wildman–Crippen MR) is 87.9 cm³/mol. The van der Waals surface area contributed by atoms with Crippen LogP contribution in [0.2, 0.25) is 0 Å². The maximum Gasteiger partial charge on any atom is 0.417 e. The van der Waals surface area contributed by atoms with Gasteiger partial charge in [0, 0.05) is 19.1 Å². The molecule has 1 aliphatic heterocycles. The van der Waals surface area contributed by atoms with E-state index < -0.39 is 38.2 Å². The van der Waals surface area contributed by atoms with Gasteiger partial charge < -0.3 is 10.5 Å². The summed E-state index contributed by atoms with van der Waals surface area (Å²) in [5.74, 6) is -1.01. The average molecular weight is 394 g/mol. The molecule has 1 saturated heterocycles. The number of alkyl halides is 3. The van der Waals surface area contributed by atoms with Crippen LogP contribution in [0.1, 0.15) is 35.7 Å². The van der Waals surface area contributed by atoms with Crippen LogP contribution in [0.4, 0.5) is 13.2 Å². The van der Waals surface area contributed by atoms with Crippen LogP contribution in [0.15, 0.2) is 23.1 Å². The van der Waals surface area contributed by atoms with Crippen LogP contribution in [-0.2, 0) is 20.9 Å². The van der Waals surface area contributed by atoms with E-state index in [-0.39, 0.29) is 25.0 Å². The van der Waals surface area contributed by atoms with Crippen LogP contribution >= 0.6 is 0 Å². The number of sulfonamides is 1. The number of carbonyl (C=O) groups excluding carboxylic acids is 1. The molecule has 0 amide bonds. The summed E-state index contributed by atoms with van der Waals surface area (Å²) in [6.07, 6.45) is -3.80. The summed E-state index contributed by atoms with van der Waals surface area (Å²) in [5.41, 5.74) is 3.76. The highest BCUT2D eigenvalue weighted by atomic mass is 32.2. The summed E-state index contributed by atoms with van der Waals surface area (Å²) < 4.78 is 70.7. The fraction of sp³-hybridized carbons (Fsp3) is 0.562. The zero-order valence-corrected chi connectivity index (χ0v) is 15.2. The molecule has 0 saturated carbocycles. The lowest BCUT2D eigenvalue weighted by atomic mass is 9.92. The van der Waals surface area contributed by atoms with E-state index in [9.17, 15) is 26.4 Å². The van der Waals surface area contributed by atoms with Crippen molar-refractivity contribution in [3.63, 3.8) is 0 Å². The summed E-state index contributed by atoms with van der Waals surface area (Å²) in [4.78, 5) is 11.0. The summed E-state index contributed by atoms with van der Waals surface area (Å²) in [6, 6.07) is 2.24. The van der Waals surface area contributed by atoms with Gasteiger partial charge in [-0.05, 0) is 43.9 Å². The number of halogens is 3. The third kappa shape index (κ3) is 4.18. The van der Waals surface area contributed by atoms with Crippen LogP contribution < -0.4 is 5.73 Å². The van der Waals surface area contributed by atoms with E-state index in [1.165, 1.54) is 0 Å². The third-order valence-corrected chi connectivity index (χ3v) is 6.48. The Bertz CT molecular complexity index is 770. The Hall–Kier alpha value is -1.65. The second kappa shape index (κ2) is 7.53. The fourth-order valence-corrected chi connectivity index (χ4v) is 4.49. The molecule has 1 fully saturated rings. The molecule has 26 heavy (non-hydrogen) atoms. The molecule has 2 rings (SSSR count). The molecule has 0 spiro atoms. The molecule has 0 radical (unpaired) electrons. The second-order valence-corrected chi connectivity index (χ2v) is 8.24. The highest BCUT2D eigenvalue weighted by Crippen LogP contribution is 2.35. The molecule has 0 aliphatic carbocycles. The smallest absolute Gasteiger partial charge is 0.417 e. The van der Waals surface area contributed by atoms with Crippen LogP contribution in [0, 0.1) is 5.92 Å². The van der Waals surface area contributed by atoms with Crippen molar-refractivity contribution in [1.29, 1.82) is 0 Å². The Morgan fingerprint density at radius 2 is 1.88 bits per heavy atom. The minimum absolute atomic E-state index is 0.0731. The van der Waals surface area contributed by atoms with Crippen LogP contribution in [-0.4, -0.2) is 44.9 Å². The van der Waals surface area contributed by atoms with Crippen molar-refractivity contribution in [2.75, 3.05) is 20.2 Å². The van der Waals surface area contributed by atoms with E-state index >= 15 is 0 Å². The topological polar surface area (TPSA) is 89.7 Å². The number of benzene rings is 1. The SMILES string of the molecule is COC(=O)c1ccc(S(=O)(=O)N2CCC(C(C)N)CC2)cc1C(F)(F)F. The van der Waals surface area contributed by atoms with Gasteiger partial charge in [-0.2, -0.15) is 17.5 Å². The van der Waals surface area contributed by atoms with Crippen LogP contribution in [0.3, 0.4) is 0 Å². The number of hydrogen-bond acceptors (Lipinski definition) is 5. The molecule has 1 aromatic carbocycles. The standard InChI is InChI=1S/C16H21F3N2O4S/c1-10(20)11-5-7-21(8-6-11)26(23,24)12-3-4-13(15(22)25-2)14(9-12)16(17,18)19/h3-4,9-11H,5-8,20H2,1-2H3. The van der Waals surface area contributed by atoms with Gasteiger partial charge in [-0.3, -0.25) is 0 Å². The van der Waals surface area contributed by atoms with Crippen molar-refractivity contribution < 1.29 is 31.1 Å². The Morgan fingerprint density at radius 3 is 2.35 bits per heavy atom. The Morgan fingerprint density at radius 1 is 1.31 bits per heavy atom. The zero-order valence-electron chi connectivity index (χ0n) is 14.4. The molecular weight excluding hydrogens is 373 g/mol. The summed E-state index contributed by atoms with van der Waals surface area (Å²) in [5, 5.41) is 0. The molecule has 0 aromatic heterocycles. The number of nitrogens with zero attached hydrogens (tertiary/aromatic N) is 1. The van der Waals surface area contributed by atoms with Gasteiger partial charge in [0.2, 0.25) is 10.0 Å². The van der Waals surface area contributed by atoms with Gasteiger partial charge >= 0.3 is 12.1 Å². The normalized spacial score (nSPS) is 18.5. The lowest BCUT2D eigenvalue weighted by Crippen LogP contribution is -2.42. The van der Waals surface area contributed by atoms with Gasteiger partial charge in [-0.25, -0.2) is 13.2 Å². The molecule has 1 unspecified atom stereocenters. The number of piperidine rings is 1. The maximum absolute atomic E-state index is 13.3. The molecule has 146 valence electrons. The van der Waals surface area contributed by atoms with E-state index in [0.29, 0.717) is 18.9 Å². The first-order valence-corrected chi connectivity index (χ1v) is 9.47. The van der Waals surface area contributed by atoms with Crippen LogP contribution in [0.25, 0.3) is 0 Å². The van der Waals surface area contributed by atoms with Gasteiger partial charge in [0.1, 0.15) is 0 Å².